The predicted molar refractivity (Wildman–Crippen MR) is 30.5 cm³/mol. The van der Waals surface area contributed by atoms with E-state index in [4.69, 9.17) is 6.42 Å². The van der Waals surface area contributed by atoms with Gasteiger partial charge in [-0.3, -0.25) is 5.92 Å². The molecule has 48 valence electrons. The van der Waals surface area contributed by atoms with Gasteiger partial charge in [0, 0.05) is 6.20 Å². The molecule has 0 N–H and O–H groups in total. The summed E-state index contributed by atoms with van der Waals surface area (Å²) < 4.78 is 0. The SMILES string of the molecule is [C-]#Cc1ccccn1.[Cu+]. The minimum absolute atomic E-state index is 0. The molecule has 0 aliphatic rings. The third-order valence-corrected chi connectivity index (χ3v) is 0.793. The van der Waals surface area contributed by atoms with Gasteiger partial charge in [-0.1, -0.05) is 6.07 Å². The molecule has 1 aromatic rings. The second-order valence-electron chi connectivity index (χ2n) is 1.34. The van der Waals surface area contributed by atoms with E-state index in [0.29, 0.717) is 5.69 Å². The second-order valence-corrected chi connectivity index (χ2v) is 1.34. The van der Waals surface area contributed by atoms with Crippen molar-refractivity contribution < 1.29 is 17.1 Å². The van der Waals surface area contributed by atoms with Crippen LogP contribution in [-0.2, 0) is 17.1 Å². The Kier molecular flexibility index (Phi) is 3.79. The molecule has 0 radical (unpaired) electrons. The van der Waals surface area contributed by atoms with E-state index in [9.17, 15) is 0 Å². The Balaban J connectivity index is 0.000000640. The first-order valence-corrected chi connectivity index (χ1v) is 2.27. The zero-order valence-corrected chi connectivity index (χ0v) is 5.50. The summed E-state index contributed by atoms with van der Waals surface area (Å²) in [5, 5.41) is 0. The van der Waals surface area contributed by atoms with Crippen molar-refractivity contribution in [3.63, 3.8) is 0 Å². The first-order chi connectivity index (χ1) is 3.93. The van der Waals surface area contributed by atoms with E-state index >= 15 is 0 Å². The van der Waals surface area contributed by atoms with E-state index in [1.54, 1.807) is 18.3 Å². The fourth-order valence-corrected chi connectivity index (χ4v) is 0.437. The van der Waals surface area contributed by atoms with Crippen LogP contribution in [0.4, 0.5) is 0 Å². The molecule has 9 heavy (non-hydrogen) atoms. The van der Waals surface area contributed by atoms with Gasteiger partial charge < -0.3 is 11.4 Å². The molecule has 0 aliphatic heterocycles. The van der Waals surface area contributed by atoms with Gasteiger partial charge in [0.25, 0.3) is 0 Å². The zero-order valence-electron chi connectivity index (χ0n) is 4.56. The zero-order chi connectivity index (χ0) is 5.82. The minimum Gasteiger partial charge on any atom is -0.364 e. The molecule has 0 unspecified atom stereocenters. The summed E-state index contributed by atoms with van der Waals surface area (Å²) in [5.41, 5.74) is 0.576. The normalized spacial score (nSPS) is 7.00. The van der Waals surface area contributed by atoms with Crippen molar-refractivity contribution in [2.45, 2.75) is 0 Å². The van der Waals surface area contributed by atoms with E-state index in [1.807, 2.05) is 6.07 Å². The van der Waals surface area contributed by atoms with Crippen molar-refractivity contribution in [2.75, 3.05) is 0 Å². The van der Waals surface area contributed by atoms with Gasteiger partial charge in [0.1, 0.15) is 0 Å². The molecule has 0 aromatic carbocycles. The van der Waals surface area contributed by atoms with Crippen molar-refractivity contribution in [1.82, 2.24) is 4.98 Å². The Bertz CT molecular complexity index is 200. The molecule has 0 aliphatic carbocycles. The van der Waals surface area contributed by atoms with Crippen molar-refractivity contribution in [3.05, 3.63) is 36.5 Å². The number of hydrogen-bond acceptors (Lipinski definition) is 1. The molecule has 0 fully saturated rings. The van der Waals surface area contributed by atoms with Crippen LogP contribution in [0.3, 0.4) is 0 Å². The summed E-state index contributed by atoms with van der Waals surface area (Å²) in [6, 6.07) is 5.36. The fourth-order valence-electron chi connectivity index (χ4n) is 0.437. The quantitative estimate of drug-likeness (QED) is 0.318. The number of aromatic nitrogens is 1. The van der Waals surface area contributed by atoms with E-state index in [1.165, 1.54) is 0 Å². The van der Waals surface area contributed by atoms with Crippen LogP contribution >= 0.6 is 0 Å². The number of hydrogen-bond donors (Lipinski definition) is 0. The molecule has 0 amide bonds. The van der Waals surface area contributed by atoms with Crippen LogP contribution in [0.2, 0.25) is 0 Å². The maximum absolute atomic E-state index is 6.63. The van der Waals surface area contributed by atoms with E-state index < -0.39 is 0 Å². The summed E-state index contributed by atoms with van der Waals surface area (Å²) in [6.07, 6.45) is 8.27. The van der Waals surface area contributed by atoms with Crippen LogP contribution in [0, 0.1) is 12.3 Å². The first kappa shape index (κ1) is 8.23. The standard InChI is InChI=1S/C7H4N.Cu/c1-2-7-5-3-4-6-8-7;/h3-6H;/q-1;+1. The van der Waals surface area contributed by atoms with Crippen molar-refractivity contribution in [2.24, 2.45) is 0 Å². The Morgan fingerprint density at radius 3 is 2.56 bits per heavy atom. The molecular weight excluding hydrogens is 162 g/mol. The Hall–Kier alpha value is -0.771. The fraction of sp³-hybridized carbons (Fsp3) is 0. The predicted octanol–water partition coefficient (Wildman–Crippen LogP) is 1.02. The largest absolute Gasteiger partial charge is 1.00 e. The van der Waals surface area contributed by atoms with E-state index in [2.05, 4.69) is 10.9 Å². The Morgan fingerprint density at radius 1 is 1.44 bits per heavy atom. The third kappa shape index (κ3) is 2.32. The Morgan fingerprint density at radius 2 is 2.22 bits per heavy atom. The van der Waals surface area contributed by atoms with Gasteiger partial charge >= 0.3 is 17.1 Å². The summed E-state index contributed by atoms with van der Waals surface area (Å²) >= 11 is 0. The van der Waals surface area contributed by atoms with Crippen molar-refractivity contribution in [3.8, 4) is 5.92 Å². The maximum Gasteiger partial charge on any atom is 1.00 e. The summed E-state index contributed by atoms with van der Waals surface area (Å²) in [4.78, 5) is 3.80. The van der Waals surface area contributed by atoms with E-state index in [-0.39, 0.29) is 17.1 Å². The van der Waals surface area contributed by atoms with Gasteiger partial charge in [0.2, 0.25) is 0 Å². The molecular formula is C7H4CuN. The van der Waals surface area contributed by atoms with Crippen molar-refractivity contribution >= 4 is 0 Å². The smallest absolute Gasteiger partial charge is 0.364 e. The van der Waals surface area contributed by atoms with Gasteiger partial charge in [0.15, 0.2) is 0 Å². The molecule has 1 aromatic heterocycles. The molecule has 0 bridgehead atoms. The molecule has 0 saturated heterocycles. The molecule has 0 saturated carbocycles. The minimum atomic E-state index is 0. The van der Waals surface area contributed by atoms with Gasteiger partial charge in [0.05, 0.1) is 0 Å². The van der Waals surface area contributed by atoms with Crippen LogP contribution in [0.15, 0.2) is 24.4 Å². The number of rotatable bonds is 0. The van der Waals surface area contributed by atoms with Gasteiger partial charge in [-0.2, -0.15) is 0 Å². The average molecular weight is 166 g/mol. The maximum atomic E-state index is 6.63. The first-order valence-electron chi connectivity index (χ1n) is 2.27. The Labute approximate surface area is 65.0 Å². The molecule has 0 spiro atoms. The van der Waals surface area contributed by atoms with Crippen LogP contribution in [-0.4, -0.2) is 4.98 Å². The summed E-state index contributed by atoms with van der Waals surface area (Å²) in [7, 11) is 0. The molecule has 1 nitrogen and oxygen atoms in total. The van der Waals surface area contributed by atoms with Gasteiger partial charge in [-0.05, 0) is 11.8 Å². The second kappa shape index (κ2) is 4.14. The number of pyridine rings is 1. The van der Waals surface area contributed by atoms with Crippen molar-refractivity contribution in [1.29, 1.82) is 0 Å². The summed E-state index contributed by atoms with van der Waals surface area (Å²) in [5.74, 6) is 2.17. The van der Waals surface area contributed by atoms with Gasteiger partial charge in [-0.15, -0.1) is 6.07 Å². The molecule has 1 heterocycles. The van der Waals surface area contributed by atoms with Crippen LogP contribution in [0.25, 0.3) is 0 Å². The number of nitrogens with zero attached hydrogens (tertiary/aromatic N) is 1. The average Bonchev–Trinajstić information content (AvgIpc) is 1.90. The van der Waals surface area contributed by atoms with Crippen LogP contribution in [0.5, 0.6) is 0 Å². The third-order valence-electron chi connectivity index (χ3n) is 0.793. The monoisotopic (exact) mass is 165 g/mol. The molecule has 0 atom stereocenters. The molecule has 2 heteroatoms. The van der Waals surface area contributed by atoms with E-state index in [0.717, 1.165) is 0 Å². The van der Waals surface area contributed by atoms with Crippen LogP contribution in [0.1, 0.15) is 5.69 Å². The summed E-state index contributed by atoms with van der Waals surface area (Å²) in [6.45, 7) is 0. The van der Waals surface area contributed by atoms with Gasteiger partial charge in [-0.25, -0.2) is 0 Å². The van der Waals surface area contributed by atoms with Crippen LogP contribution < -0.4 is 0 Å². The molecule has 1 rings (SSSR count). The topological polar surface area (TPSA) is 12.9 Å².